The summed E-state index contributed by atoms with van der Waals surface area (Å²) in [4.78, 5) is 40.4. The molecular formula is C19H19FN2O5. The van der Waals surface area contributed by atoms with E-state index in [0.717, 1.165) is 0 Å². The fourth-order valence-corrected chi connectivity index (χ4v) is 3.44. The van der Waals surface area contributed by atoms with Crippen molar-refractivity contribution < 1.29 is 24.2 Å². The van der Waals surface area contributed by atoms with Crippen molar-refractivity contribution in [1.29, 1.82) is 0 Å². The molecule has 1 fully saturated rings. The molecule has 1 aromatic heterocycles. The summed E-state index contributed by atoms with van der Waals surface area (Å²) < 4.78 is 13.1. The Morgan fingerprint density at radius 2 is 1.96 bits per heavy atom. The maximum absolute atomic E-state index is 13.1. The number of nitrogens with zero attached hydrogens (tertiary/aromatic N) is 1. The van der Waals surface area contributed by atoms with Gasteiger partial charge in [0.15, 0.2) is 0 Å². The number of carbonyl (C=O) groups excluding carboxylic acids is 1. The molecule has 1 aliphatic heterocycles. The molecule has 7 nitrogen and oxygen atoms in total. The van der Waals surface area contributed by atoms with Crippen molar-refractivity contribution in [2.45, 2.75) is 18.9 Å². The molecule has 1 amide bonds. The Bertz CT molecular complexity index is 911. The lowest BCUT2D eigenvalue weighted by Gasteiger charge is -2.43. The van der Waals surface area contributed by atoms with E-state index in [0.29, 0.717) is 5.56 Å². The number of aliphatic carboxylic acids is 1. The molecule has 0 spiro atoms. The van der Waals surface area contributed by atoms with Crippen LogP contribution in [0.3, 0.4) is 0 Å². The number of nitrogens with one attached hydrogen (secondary N) is 1. The summed E-state index contributed by atoms with van der Waals surface area (Å²) in [5.74, 6) is -2.29. The Morgan fingerprint density at radius 3 is 2.59 bits per heavy atom. The number of hydrogen-bond donors (Lipinski definition) is 3. The van der Waals surface area contributed by atoms with Crippen LogP contribution in [0.2, 0.25) is 0 Å². The fraction of sp³-hybridized carbons (Fsp3) is 0.316. The number of aromatic amines is 1. The van der Waals surface area contributed by atoms with Crippen LogP contribution in [-0.4, -0.2) is 51.2 Å². The number of piperidine rings is 1. The summed E-state index contributed by atoms with van der Waals surface area (Å²) in [7, 11) is 0. The van der Waals surface area contributed by atoms with E-state index < -0.39 is 34.8 Å². The summed E-state index contributed by atoms with van der Waals surface area (Å²) >= 11 is 0. The third-order valence-corrected chi connectivity index (χ3v) is 4.98. The number of benzene rings is 1. The maximum atomic E-state index is 13.1. The molecule has 3 rings (SSSR count). The van der Waals surface area contributed by atoms with E-state index in [1.165, 1.54) is 47.5 Å². The van der Waals surface area contributed by atoms with Crippen molar-refractivity contribution in [2.75, 3.05) is 13.1 Å². The van der Waals surface area contributed by atoms with E-state index in [-0.39, 0.29) is 31.5 Å². The third-order valence-electron chi connectivity index (χ3n) is 4.98. The minimum Gasteiger partial charge on any atom is -0.481 e. The Hall–Kier alpha value is -3.00. The monoisotopic (exact) mass is 374 g/mol. The van der Waals surface area contributed by atoms with Crippen LogP contribution in [0, 0.1) is 11.2 Å². The third kappa shape index (κ3) is 3.61. The zero-order chi connectivity index (χ0) is 19.6. The van der Waals surface area contributed by atoms with E-state index in [4.69, 9.17) is 0 Å². The molecule has 1 saturated heterocycles. The highest BCUT2D eigenvalue weighted by atomic mass is 19.1. The molecule has 27 heavy (non-hydrogen) atoms. The first-order valence-electron chi connectivity index (χ1n) is 8.46. The molecule has 0 radical (unpaired) electrons. The SMILES string of the molecule is O=C(c1ccc[nH]c1=O)N1CC[C@H](O)[C@](Cc2ccc(F)cc2)(C(=O)O)C1. The van der Waals surface area contributed by atoms with Crippen LogP contribution in [0.1, 0.15) is 22.3 Å². The number of amides is 1. The van der Waals surface area contributed by atoms with Gasteiger partial charge in [-0.05, 0) is 42.7 Å². The Morgan fingerprint density at radius 1 is 1.26 bits per heavy atom. The number of halogens is 1. The van der Waals surface area contributed by atoms with Crippen LogP contribution in [0.4, 0.5) is 4.39 Å². The number of carboxylic acid groups (broad SMARTS) is 1. The standard InChI is InChI=1S/C19H19FN2O5/c20-13-5-3-12(4-6-13)10-19(18(26)27)11-22(9-7-15(19)23)17(25)14-2-1-8-21-16(14)24/h1-6,8,15,23H,7,9-11H2,(H,21,24)(H,26,27)/t15-,19+/m0/s1. The molecule has 1 aliphatic rings. The lowest BCUT2D eigenvalue weighted by Crippen LogP contribution is -2.58. The summed E-state index contributed by atoms with van der Waals surface area (Å²) in [5.41, 5.74) is -1.76. The van der Waals surface area contributed by atoms with Crippen LogP contribution >= 0.6 is 0 Å². The molecule has 2 aromatic rings. The largest absolute Gasteiger partial charge is 0.481 e. The van der Waals surface area contributed by atoms with Gasteiger partial charge >= 0.3 is 5.97 Å². The van der Waals surface area contributed by atoms with E-state index in [9.17, 15) is 29.0 Å². The summed E-state index contributed by atoms with van der Waals surface area (Å²) in [6.45, 7) is -0.124. The number of H-pyrrole nitrogens is 1. The molecule has 1 aromatic carbocycles. The molecule has 0 bridgehead atoms. The second-order valence-electron chi connectivity index (χ2n) is 6.71. The van der Waals surface area contributed by atoms with Crippen LogP contribution in [0.15, 0.2) is 47.4 Å². The Balaban J connectivity index is 1.92. The number of carbonyl (C=O) groups is 2. The smallest absolute Gasteiger partial charge is 0.314 e. The van der Waals surface area contributed by atoms with Gasteiger partial charge in [0.05, 0.1) is 6.10 Å². The highest BCUT2D eigenvalue weighted by molar-refractivity contribution is 5.94. The van der Waals surface area contributed by atoms with Gasteiger partial charge in [-0.15, -0.1) is 0 Å². The van der Waals surface area contributed by atoms with Crippen LogP contribution in [-0.2, 0) is 11.2 Å². The molecule has 0 saturated carbocycles. The van der Waals surface area contributed by atoms with Gasteiger partial charge in [-0.3, -0.25) is 14.4 Å². The lowest BCUT2D eigenvalue weighted by atomic mass is 9.72. The molecular weight excluding hydrogens is 355 g/mol. The second kappa shape index (κ2) is 7.32. The number of likely N-dealkylation sites (tertiary alicyclic amines) is 1. The fourth-order valence-electron chi connectivity index (χ4n) is 3.44. The first kappa shape index (κ1) is 18.8. The first-order valence-corrected chi connectivity index (χ1v) is 8.46. The normalized spacial score (nSPS) is 22.4. The van der Waals surface area contributed by atoms with Gasteiger partial charge in [0.2, 0.25) is 0 Å². The van der Waals surface area contributed by atoms with Crippen molar-refractivity contribution in [3.05, 3.63) is 69.9 Å². The molecule has 8 heteroatoms. The first-order chi connectivity index (χ1) is 12.8. The number of rotatable bonds is 4. The minimum absolute atomic E-state index is 0.0595. The van der Waals surface area contributed by atoms with Gasteiger partial charge in [0.1, 0.15) is 16.8 Å². The number of pyridine rings is 1. The zero-order valence-electron chi connectivity index (χ0n) is 14.4. The van der Waals surface area contributed by atoms with Crippen molar-refractivity contribution in [1.82, 2.24) is 9.88 Å². The van der Waals surface area contributed by atoms with E-state index in [2.05, 4.69) is 4.98 Å². The number of aliphatic hydroxyl groups is 1. The molecule has 2 heterocycles. The summed E-state index contributed by atoms with van der Waals surface area (Å²) in [6, 6.07) is 8.22. The summed E-state index contributed by atoms with van der Waals surface area (Å²) in [5, 5.41) is 20.3. The average Bonchev–Trinajstić information content (AvgIpc) is 2.65. The van der Waals surface area contributed by atoms with Crippen LogP contribution < -0.4 is 5.56 Å². The number of aromatic nitrogens is 1. The average molecular weight is 374 g/mol. The Kier molecular flexibility index (Phi) is 5.09. The van der Waals surface area contributed by atoms with Crippen molar-refractivity contribution in [2.24, 2.45) is 5.41 Å². The molecule has 3 N–H and O–H groups in total. The quantitative estimate of drug-likeness (QED) is 0.740. The molecule has 2 atom stereocenters. The zero-order valence-corrected chi connectivity index (χ0v) is 14.4. The highest BCUT2D eigenvalue weighted by Crippen LogP contribution is 2.35. The number of hydrogen-bond acceptors (Lipinski definition) is 4. The van der Waals surface area contributed by atoms with Crippen LogP contribution in [0.5, 0.6) is 0 Å². The van der Waals surface area contributed by atoms with E-state index >= 15 is 0 Å². The van der Waals surface area contributed by atoms with Gasteiger partial charge < -0.3 is 20.1 Å². The van der Waals surface area contributed by atoms with E-state index in [1.807, 2.05) is 0 Å². The molecule has 142 valence electrons. The van der Waals surface area contributed by atoms with Gasteiger partial charge in [-0.2, -0.15) is 0 Å². The van der Waals surface area contributed by atoms with Gasteiger partial charge in [0.25, 0.3) is 11.5 Å². The predicted octanol–water partition coefficient (Wildman–Crippen LogP) is 1.03. The number of carboxylic acids is 1. The van der Waals surface area contributed by atoms with Crippen molar-refractivity contribution >= 4 is 11.9 Å². The second-order valence-corrected chi connectivity index (χ2v) is 6.71. The Labute approximate surface area is 154 Å². The lowest BCUT2D eigenvalue weighted by molar-refractivity contribution is -0.161. The highest BCUT2D eigenvalue weighted by Gasteiger charge is 2.50. The maximum Gasteiger partial charge on any atom is 0.314 e. The van der Waals surface area contributed by atoms with Crippen molar-refractivity contribution in [3.63, 3.8) is 0 Å². The molecule has 0 aliphatic carbocycles. The van der Waals surface area contributed by atoms with Crippen molar-refractivity contribution in [3.8, 4) is 0 Å². The van der Waals surface area contributed by atoms with E-state index in [1.54, 1.807) is 0 Å². The van der Waals surface area contributed by atoms with Gasteiger partial charge in [-0.1, -0.05) is 12.1 Å². The predicted molar refractivity (Wildman–Crippen MR) is 93.8 cm³/mol. The van der Waals surface area contributed by atoms with Crippen LogP contribution in [0.25, 0.3) is 0 Å². The summed E-state index contributed by atoms with van der Waals surface area (Å²) in [6.07, 6.45) is 0.204. The topological polar surface area (TPSA) is 111 Å². The van der Waals surface area contributed by atoms with Gasteiger partial charge in [0, 0.05) is 19.3 Å². The molecule has 0 unspecified atom stereocenters. The number of aliphatic hydroxyl groups excluding tert-OH is 1. The van der Waals surface area contributed by atoms with Gasteiger partial charge in [-0.25, -0.2) is 4.39 Å². The minimum atomic E-state index is -1.65.